The van der Waals surface area contributed by atoms with Crippen LogP contribution in [0.3, 0.4) is 0 Å². The van der Waals surface area contributed by atoms with Gasteiger partial charge in [0, 0.05) is 20.2 Å². The molecule has 1 fully saturated rings. The molecule has 1 aromatic rings. The lowest BCUT2D eigenvalue weighted by atomic mass is 10.1. The van der Waals surface area contributed by atoms with Crippen LogP contribution in [-0.2, 0) is 4.74 Å². The maximum absolute atomic E-state index is 9.23. The van der Waals surface area contributed by atoms with Gasteiger partial charge >= 0.3 is 0 Å². The van der Waals surface area contributed by atoms with E-state index in [1.165, 1.54) is 0 Å². The summed E-state index contributed by atoms with van der Waals surface area (Å²) < 4.78 is 5.32. The van der Waals surface area contributed by atoms with E-state index in [-0.39, 0.29) is 6.10 Å². The van der Waals surface area contributed by atoms with E-state index in [1.54, 1.807) is 7.11 Å². The number of nitriles is 1. The van der Waals surface area contributed by atoms with Gasteiger partial charge in [0.15, 0.2) is 5.82 Å². The zero-order valence-corrected chi connectivity index (χ0v) is 10.4. The van der Waals surface area contributed by atoms with Crippen molar-refractivity contribution in [3.05, 3.63) is 16.8 Å². The largest absolute Gasteiger partial charge is 0.380 e. The highest BCUT2D eigenvalue weighted by Crippen LogP contribution is 2.25. The third kappa shape index (κ3) is 2.08. The fourth-order valence-electron chi connectivity index (χ4n) is 2.06. The number of aryl methyl sites for hydroxylation is 1. The number of nitrogens with zero attached hydrogens (tertiary/aromatic N) is 4. The first-order valence-corrected chi connectivity index (χ1v) is 5.69. The number of rotatable bonds is 2. The highest BCUT2D eigenvalue weighted by molar-refractivity contribution is 5.58. The van der Waals surface area contributed by atoms with Crippen molar-refractivity contribution in [3.8, 4) is 6.07 Å². The molecule has 0 aliphatic carbocycles. The van der Waals surface area contributed by atoms with Gasteiger partial charge in [0.25, 0.3) is 0 Å². The monoisotopic (exact) mass is 232 g/mol. The quantitative estimate of drug-likeness (QED) is 0.766. The van der Waals surface area contributed by atoms with Gasteiger partial charge < -0.3 is 9.64 Å². The molecule has 5 nitrogen and oxygen atoms in total. The summed E-state index contributed by atoms with van der Waals surface area (Å²) in [7, 11) is 1.71. The molecular formula is C12H16N4O. The lowest BCUT2D eigenvalue weighted by Gasteiger charge is -2.18. The second kappa shape index (κ2) is 4.68. The zero-order chi connectivity index (χ0) is 12.4. The summed E-state index contributed by atoms with van der Waals surface area (Å²) in [5.41, 5.74) is 2.36. The number of aromatic nitrogens is 2. The maximum Gasteiger partial charge on any atom is 0.169 e. The lowest BCUT2D eigenvalue weighted by molar-refractivity contribution is 0.121. The molecule has 0 amide bonds. The van der Waals surface area contributed by atoms with Crippen LogP contribution in [0.25, 0.3) is 0 Å². The molecule has 0 spiro atoms. The van der Waals surface area contributed by atoms with Crippen molar-refractivity contribution in [2.45, 2.75) is 26.4 Å². The average molecular weight is 232 g/mol. The van der Waals surface area contributed by atoms with E-state index in [0.717, 1.165) is 30.8 Å². The summed E-state index contributed by atoms with van der Waals surface area (Å²) in [6.45, 7) is 5.43. The number of ether oxygens (including phenoxy) is 1. The van der Waals surface area contributed by atoms with E-state index >= 15 is 0 Å². The van der Waals surface area contributed by atoms with Crippen LogP contribution in [0.1, 0.15) is 23.2 Å². The van der Waals surface area contributed by atoms with E-state index in [9.17, 15) is 5.26 Å². The van der Waals surface area contributed by atoms with Gasteiger partial charge in [-0.1, -0.05) is 0 Å². The molecule has 90 valence electrons. The Kier molecular flexibility index (Phi) is 3.25. The molecule has 0 N–H and O–H groups in total. The summed E-state index contributed by atoms with van der Waals surface area (Å²) in [4.78, 5) is 2.08. The van der Waals surface area contributed by atoms with Crippen molar-refractivity contribution >= 4 is 5.82 Å². The van der Waals surface area contributed by atoms with E-state index in [4.69, 9.17) is 4.74 Å². The van der Waals surface area contributed by atoms with E-state index in [2.05, 4.69) is 21.2 Å². The van der Waals surface area contributed by atoms with E-state index in [0.29, 0.717) is 11.4 Å². The van der Waals surface area contributed by atoms with Crippen LogP contribution >= 0.6 is 0 Å². The van der Waals surface area contributed by atoms with Crippen LogP contribution in [0.5, 0.6) is 0 Å². The Bertz CT molecular complexity index is 466. The number of hydrogen-bond acceptors (Lipinski definition) is 5. The Morgan fingerprint density at radius 3 is 2.76 bits per heavy atom. The predicted octanol–water partition coefficient (Wildman–Crippen LogP) is 1.19. The van der Waals surface area contributed by atoms with Crippen LogP contribution in [-0.4, -0.2) is 36.5 Å². The second-order valence-electron chi connectivity index (χ2n) is 4.31. The predicted molar refractivity (Wildman–Crippen MR) is 63.8 cm³/mol. The van der Waals surface area contributed by atoms with Crippen LogP contribution in [0.4, 0.5) is 5.82 Å². The summed E-state index contributed by atoms with van der Waals surface area (Å²) >= 11 is 0. The molecule has 1 aliphatic rings. The molecular weight excluding hydrogens is 216 g/mol. The van der Waals surface area contributed by atoms with Gasteiger partial charge in [0.2, 0.25) is 0 Å². The smallest absolute Gasteiger partial charge is 0.169 e. The fraction of sp³-hybridized carbons (Fsp3) is 0.583. The standard InChI is InChI=1S/C12H16N4O/c1-8-9(2)14-15-12(11(8)6-13)16-5-4-10(7-16)17-3/h10H,4-5,7H2,1-3H3. The minimum absolute atomic E-state index is 0.227. The SMILES string of the molecule is COC1CCN(c2nnc(C)c(C)c2C#N)C1. The molecule has 0 bridgehead atoms. The molecule has 5 heteroatoms. The van der Waals surface area contributed by atoms with Crippen molar-refractivity contribution < 1.29 is 4.74 Å². The Morgan fingerprint density at radius 1 is 1.41 bits per heavy atom. The zero-order valence-electron chi connectivity index (χ0n) is 10.4. The minimum atomic E-state index is 0.227. The number of hydrogen-bond donors (Lipinski definition) is 0. The normalized spacial score (nSPS) is 19.4. The second-order valence-corrected chi connectivity index (χ2v) is 4.31. The van der Waals surface area contributed by atoms with Gasteiger partial charge in [-0.3, -0.25) is 0 Å². The Balaban J connectivity index is 2.34. The van der Waals surface area contributed by atoms with Crippen molar-refractivity contribution in [3.63, 3.8) is 0 Å². The average Bonchev–Trinajstić information content (AvgIpc) is 2.81. The Labute approximate surface area is 101 Å². The van der Waals surface area contributed by atoms with Gasteiger partial charge in [-0.05, 0) is 25.8 Å². The number of anilines is 1. The summed E-state index contributed by atoms with van der Waals surface area (Å²) in [5, 5.41) is 17.5. The van der Waals surface area contributed by atoms with Crippen LogP contribution in [0, 0.1) is 25.2 Å². The Hall–Kier alpha value is -1.67. The molecule has 1 atom stereocenters. The molecule has 1 aliphatic heterocycles. The van der Waals surface area contributed by atoms with Crippen LogP contribution < -0.4 is 4.90 Å². The molecule has 2 heterocycles. The lowest BCUT2D eigenvalue weighted by Crippen LogP contribution is -2.25. The number of methoxy groups -OCH3 is 1. The van der Waals surface area contributed by atoms with E-state index in [1.807, 2.05) is 13.8 Å². The molecule has 17 heavy (non-hydrogen) atoms. The van der Waals surface area contributed by atoms with Crippen molar-refractivity contribution in [2.75, 3.05) is 25.1 Å². The van der Waals surface area contributed by atoms with Gasteiger partial charge in [-0.2, -0.15) is 10.4 Å². The first-order chi connectivity index (χ1) is 8.17. The van der Waals surface area contributed by atoms with Crippen LogP contribution in [0.15, 0.2) is 0 Å². The third-order valence-electron chi connectivity index (χ3n) is 3.33. The topological polar surface area (TPSA) is 62.0 Å². The first kappa shape index (κ1) is 11.8. The molecule has 0 aromatic carbocycles. The highest BCUT2D eigenvalue weighted by atomic mass is 16.5. The molecule has 0 saturated carbocycles. The molecule has 2 rings (SSSR count). The molecule has 0 radical (unpaired) electrons. The van der Waals surface area contributed by atoms with Gasteiger partial charge in [0.05, 0.1) is 11.8 Å². The van der Waals surface area contributed by atoms with Crippen LogP contribution in [0.2, 0.25) is 0 Å². The molecule has 1 unspecified atom stereocenters. The fourth-order valence-corrected chi connectivity index (χ4v) is 2.06. The molecule has 1 saturated heterocycles. The molecule has 1 aromatic heterocycles. The summed E-state index contributed by atoms with van der Waals surface area (Å²) in [5.74, 6) is 0.690. The van der Waals surface area contributed by atoms with Crippen molar-refractivity contribution in [2.24, 2.45) is 0 Å². The Morgan fingerprint density at radius 2 is 2.18 bits per heavy atom. The first-order valence-electron chi connectivity index (χ1n) is 5.69. The van der Waals surface area contributed by atoms with Crippen molar-refractivity contribution in [1.29, 1.82) is 5.26 Å². The van der Waals surface area contributed by atoms with Gasteiger partial charge in [0.1, 0.15) is 11.6 Å². The summed E-state index contributed by atoms with van der Waals surface area (Å²) in [6.07, 6.45) is 1.20. The van der Waals surface area contributed by atoms with Crippen molar-refractivity contribution in [1.82, 2.24) is 10.2 Å². The van der Waals surface area contributed by atoms with E-state index < -0.39 is 0 Å². The maximum atomic E-state index is 9.23. The third-order valence-corrected chi connectivity index (χ3v) is 3.33. The highest BCUT2D eigenvalue weighted by Gasteiger charge is 2.26. The summed E-state index contributed by atoms with van der Waals surface area (Å²) in [6, 6.07) is 2.23. The van der Waals surface area contributed by atoms with Gasteiger partial charge in [-0.15, -0.1) is 5.10 Å². The minimum Gasteiger partial charge on any atom is -0.380 e. The van der Waals surface area contributed by atoms with Gasteiger partial charge in [-0.25, -0.2) is 0 Å².